The predicted octanol–water partition coefficient (Wildman–Crippen LogP) is 2.96. The van der Waals surface area contributed by atoms with Crippen molar-refractivity contribution in [1.82, 2.24) is 15.1 Å². The van der Waals surface area contributed by atoms with Gasteiger partial charge in [-0.15, -0.1) is 0 Å². The van der Waals surface area contributed by atoms with E-state index in [-0.39, 0.29) is 0 Å². The van der Waals surface area contributed by atoms with Crippen LogP contribution in [0.25, 0.3) is 22.0 Å². The van der Waals surface area contributed by atoms with Crippen molar-refractivity contribution in [3.63, 3.8) is 0 Å². The summed E-state index contributed by atoms with van der Waals surface area (Å²) in [7, 11) is 3.92. The molecule has 0 spiro atoms. The summed E-state index contributed by atoms with van der Waals surface area (Å²) in [6, 6.07) is 14.9. The molecule has 0 aliphatic carbocycles. The van der Waals surface area contributed by atoms with E-state index in [1.165, 1.54) is 21.9 Å². The fourth-order valence-electron chi connectivity index (χ4n) is 2.44. The molecule has 0 aliphatic rings. The normalized spacial score (nSPS) is 11.1. The fraction of sp³-hybridized carbons (Fsp3) is 0.188. The Labute approximate surface area is 112 Å². The molecule has 3 nitrogen and oxygen atoms in total. The highest BCUT2D eigenvalue weighted by Crippen LogP contribution is 2.25. The molecule has 3 heteroatoms. The zero-order valence-corrected chi connectivity index (χ0v) is 11.2. The first kappa shape index (κ1) is 11.9. The first-order valence-corrected chi connectivity index (χ1v) is 6.44. The summed E-state index contributed by atoms with van der Waals surface area (Å²) in [5.74, 6) is 0. The van der Waals surface area contributed by atoms with E-state index < -0.39 is 0 Å². The number of aryl methyl sites for hydroxylation is 1. The van der Waals surface area contributed by atoms with Crippen molar-refractivity contribution < 1.29 is 0 Å². The molecule has 0 saturated heterocycles. The van der Waals surface area contributed by atoms with Gasteiger partial charge in [0.15, 0.2) is 0 Å². The van der Waals surface area contributed by atoms with Gasteiger partial charge < -0.3 is 5.32 Å². The molecule has 1 aromatic heterocycles. The second-order valence-corrected chi connectivity index (χ2v) is 4.77. The maximum Gasteiger partial charge on any atom is 0.0968 e. The van der Waals surface area contributed by atoms with Crippen LogP contribution in [-0.4, -0.2) is 16.8 Å². The topological polar surface area (TPSA) is 29.9 Å². The summed E-state index contributed by atoms with van der Waals surface area (Å²) >= 11 is 0. The standard InChI is InChI=1S/C16H17N3/c1-17-10-15-11-19(2)18-16(15)14-8-7-12-5-3-4-6-13(12)9-14/h3-9,11,17H,10H2,1-2H3. The molecule has 0 atom stereocenters. The van der Waals surface area contributed by atoms with Crippen molar-refractivity contribution >= 4 is 10.8 Å². The lowest BCUT2D eigenvalue weighted by atomic mass is 10.0. The van der Waals surface area contributed by atoms with E-state index in [0.717, 1.165) is 12.2 Å². The van der Waals surface area contributed by atoms with Gasteiger partial charge in [-0.25, -0.2) is 0 Å². The molecule has 0 unspecified atom stereocenters. The van der Waals surface area contributed by atoms with E-state index in [2.05, 4.69) is 59.1 Å². The Morgan fingerprint density at radius 2 is 1.89 bits per heavy atom. The molecule has 2 aromatic carbocycles. The number of nitrogens with zero attached hydrogens (tertiary/aromatic N) is 2. The van der Waals surface area contributed by atoms with E-state index in [1.807, 2.05) is 18.8 Å². The van der Waals surface area contributed by atoms with Crippen molar-refractivity contribution in [2.24, 2.45) is 7.05 Å². The van der Waals surface area contributed by atoms with Crippen molar-refractivity contribution in [1.29, 1.82) is 0 Å². The maximum atomic E-state index is 4.58. The maximum absolute atomic E-state index is 4.58. The predicted molar refractivity (Wildman–Crippen MR) is 78.9 cm³/mol. The quantitative estimate of drug-likeness (QED) is 0.775. The van der Waals surface area contributed by atoms with Gasteiger partial charge in [-0.05, 0) is 23.9 Å². The smallest absolute Gasteiger partial charge is 0.0968 e. The lowest BCUT2D eigenvalue weighted by Gasteiger charge is -2.04. The molecule has 1 N–H and O–H groups in total. The highest BCUT2D eigenvalue weighted by atomic mass is 15.3. The Kier molecular flexibility index (Phi) is 3.05. The molecular weight excluding hydrogens is 234 g/mol. The molecule has 0 bridgehead atoms. The van der Waals surface area contributed by atoms with Crippen molar-refractivity contribution in [3.05, 3.63) is 54.2 Å². The van der Waals surface area contributed by atoms with E-state index in [0.29, 0.717) is 0 Å². The average molecular weight is 251 g/mol. The van der Waals surface area contributed by atoms with Crippen molar-refractivity contribution in [2.75, 3.05) is 7.05 Å². The Morgan fingerprint density at radius 3 is 2.68 bits per heavy atom. The van der Waals surface area contributed by atoms with Gasteiger partial charge in [0.2, 0.25) is 0 Å². The number of hydrogen-bond acceptors (Lipinski definition) is 2. The molecule has 0 amide bonds. The second kappa shape index (κ2) is 4.86. The summed E-state index contributed by atoms with van der Waals surface area (Å²) in [4.78, 5) is 0. The molecule has 96 valence electrons. The summed E-state index contributed by atoms with van der Waals surface area (Å²) < 4.78 is 1.87. The molecule has 0 aliphatic heterocycles. The zero-order chi connectivity index (χ0) is 13.2. The first-order chi connectivity index (χ1) is 9.28. The first-order valence-electron chi connectivity index (χ1n) is 6.44. The lowest BCUT2D eigenvalue weighted by Crippen LogP contribution is -2.05. The number of aromatic nitrogens is 2. The van der Waals surface area contributed by atoms with Crippen LogP contribution in [-0.2, 0) is 13.6 Å². The van der Waals surface area contributed by atoms with Gasteiger partial charge in [0, 0.05) is 30.9 Å². The third kappa shape index (κ3) is 2.25. The van der Waals surface area contributed by atoms with Crippen LogP contribution >= 0.6 is 0 Å². The fourth-order valence-corrected chi connectivity index (χ4v) is 2.44. The summed E-state index contributed by atoms with van der Waals surface area (Å²) in [5, 5.41) is 10.3. The largest absolute Gasteiger partial charge is 0.316 e. The van der Waals surface area contributed by atoms with Crippen LogP contribution in [0.1, 0.15) is 5.56 Å². The van der Waals surface area contributed by atoms with E-state index in [9.17, 15) is 0 Å². The highest BCUT2D eigenvalue weighted by molar-refractivity contribution is 5.87. The van der Waals surface area contributed by atoms with Gasteiger partial charge in [-0.1, -0.05) is 36.4 Å². The van der Waals surface area contributed by atoms with Gasteiger partial charge >= 0.3 is 0 Å². The van der Waals surface area contributed by atoms with Crippen LogP contribution in [0.3, 0.4) is 0 Å². The van der Waals surface area contributed by atoms with Gasteiger partial charge in [-0.2, -0.15) is 5.10 Å². The summed E-state index contributed by atoms with van der Waals surface area (Å²) in [6.45, 7) is 0.829. The van der Waals surface area contributed by atoms with Crippen LogP contribution in [0.4, 0.5) is 0 Å². The minimum absolute atomic E-state index is 0.829. The summed E-state index contributed by atoms with van der Waals surface area (Å²) in [5.41, 5.74) is 3.45. The van der Waals surface area contributed by atoms with Crippen molar-refractivity contribution in [2.45, 2.75) is 6.54 Å². The Bertz CT molecular complexity index is 713. The number of fused-ring (bicyclic) bond motifs is 1. The van der Waals surface area contributed by atoms with Gasteiger partial charge in [0.05, 0.1) is 5.69 Å². The number of benzene rings is 2. The highest BCUT2D eigenvalue weighted by Gasteiger charge is 2.09. The minimum Gasteiger partial charge on any atom is -0.316 e. The number of nitrogens with one attached hydrogen (secondary N) is 1. The molecule has 19 heavy (non-hydrogen) atoms. The average Bonchev–Trinajstić information content (AvgIpc) is 2.80. The molecule has 0 radical (unpaired) electrons. The molecule has 1 heterocycles. The van der Waals surface area contributed by atoms with Crippen LogP contribution in [0.5, 0.6) is 0 Å². The third-order valence-corrected chi connectivity index (χ3v) is 3.29. The van der Waals surface area contributed by atoms with E-state index in [4.69, 9.17) is 0 Å². The molecule has 3 rings (SSSR count). The molecule has 0 fully saturated rings. The monoisotopic (exact) mass is 251 g/mol. The van der Waals surface area contributed by atoms with Crippen LogP contribution < -0.4 is 5.32 Å². The van der Waals surface area contributed by atoms with Gasteiger partial charge in [0.1, 0.15) is 0 Å². The molecular formula is C16H17N3. The zero-order valence-electron chi connectivity index (χ0n) is 11.2. The lowest BCUT2D eigenvalue weighted by molar-refractivity contribution is 0.765. The van der Waals surface area contributed by atoms with E-state index in [1.54, 1.807) is 0 Å². The summed E-state index contributed by atoms with van der Waals surface area (Å²) in [6.07, 6.45) is 2.07. The van der Waals surface area contributed by atoms with Crippen LogP contribution in [0.2, 0.25) is 0 Å². The minimum atomic E-state index is 0.829. The third-order valence-electron chi connectivity index (χ3n) is 3.29. The van der Waals surface area contributed by atoms with Gasteiger partial charge in [0.25, 0.3) is 0 Å². The molecule has 0 saturated carbocycles. The van der Waals surface area contributed by atoms with Crippen molar-refractivity contribution in [3.8, 4) is 11.3 Å². The molecule has 3 aromatic rings. The SMILES string of the molecule is CNCc1cn(C)nc1-c1ccc2ccccc2c1. The Morgan fingerprint density at radius 1 is 1.11 bits per heavy atom. The second-order valence-electron chi connectivity index (χ2n) is 4.77. The van der Waals surface area contributed by atoms with Crippen LogP contribution in [0.15, 0.2) is 48.7 Å². The Balaban J connectivity index is 2.13. The number of hydrogen-bond donors (Lipinski definition) is 1. The van der Waals surface area contributed by atoms with E-state index >= 15 is 0 Å². The van der Waals surface area contributed by atoms with Gasteiger partial charge in [-0.3, -0.25) is 4.68 Å². The van der Waals surface area contributed by atoms with Crippen LogP contribution in [0, 0.1) is 0 Å². The number of rotatable bonds is 3. The Hall–Kier alpha value is -2.13.